The minimum absolute atomic E-state index is 0.0338. The van der Waals surface area contributed by atoms with Crippen LogP contribution < -0.4 is 15.1 Å². The number of carbonyl (C=O) groups excluding carboxylic acids is 1. The average Bonchev–Trinajstić information content (AvgIpc) is 3.30. The first-order chi connectivity index (χ1) is 30.5. The number of anilines is 2. The third-order valence-corrected chi connectivity index (χ3v) is 9.96. The number of carbonyl (C=O) groups is 1. The molecule has 17 heteroatoms. The summed E-state index contributed by atoms with van der Waals surface area (Å²) in [6, 6.07) is 15.9. The minimum atomic E-state index is -0.569. The number of hydrogen-bond acceptors (Lipinski definition) is 17. The lowest BCUT2D eigenvalue weighted by molar-refractivity contribution is -0.0311. The number of piperazine rings is 2. The lowest BCUT2D eigenvalue weighted by atomic mass is 10.0. The number of β-amino-alcohol motifs (C(OH)–C–C–N with tert-alkyl or cyclic N) is 1. The van der Waals surface area contributed by atoms with E-state index >= 15 is 0 Å². The number of ether oxygens (including phenoxy) is 10. The van der Waals surface area contributed by atoms with Crippen LogP contribution >= 0.6 is 0 Å². The van der Waals surface area contributed by atoms with E-state index in [4.69, 9.17) is 52.5 Å². The monoisotopic (exact) mass is 879 g/mol. The zero-order valence-corrected chi connectivity index (χ0v) is 37.0. The molecule has 4 rings (SSSR count). The summed E-state index contributed by atoms with van der Waals surface area (Å²) in [4.78, 5) is 20.1. The van der Waals surface area contributed by atoms with Gasteiger partial charge >= 0.3 is 0 Å². The standard InChI is InChI=1S/C45H74N4O13/c1-39(50)37-61-34-32-59-30-28-57-26-24-55-22-20-53-18-19-54-21-23-56-25-27-58-29-31-60-33-35-62-38-44(51)36-47-14-16-49(17-15-47)43-8-4-41(5-9-43)45(52)40-2-6-42(7-3-40)48-12-10-46-11-13-48/h2-9,39,44,46,50-51H,10-38H2,1H3. The first kappa shape index (κ1) is 51.8. The molecule has 2 unspecified atom stereocenters. The highest BCUT2D eigenvalue weighted by Gasteiger charge is 2.20. The van der Waals surface area contributed by atoms with Crippen molar-refractivity contribution in [3.63, 3.8) is 0 Å². The minimum Gasteiger partial charge on any atom is -0.391 e. The van der Waals surface area contributed by atoms with Crippen molar-refractivity contribution < 1.29 is 62.4 Å². The predicted molar refractivity (Wildman–Crippen MR) is 236 cm³/mol. The Bertz CT molecular complexity index is 1380. The number of nitrogens with zero attached hydrogens (tertiary/aromatic N) is 3. The van der Waals surface area contributed by atoms with Crippen molar-refractivity contribution >= 4 is 17.2 Å². The van der Waals surface area contributed by atoms with Gasteiger partial charge in [-0.25, -0.2) is 0 Å². The first-order valence-electron chi connectivity index (χ1n) is 22.3. The Balaban J connectivity index is 0.853. The summed E-state index contributed by atoms with van der Waals surface area (Å²) in [6.45, 7) is 18.7. The van der Waals surface area contributed by atoms with Crippen molar-refractivity contribution in [1.29, 1.82) is 0 Å². The van der Waals surface area contributed by atoms with Gasteiger partial charge in [0.25, 0.3) is 0 Å². The molecule has 0 radical (unpaired) electrons. The number of ketones is 1. The average molecular weight is 879 g/mol. The van der Waals surface area contributed by atoms with Crippen molar-refractivity contribution in [3.8, 4) is 0 Å². The number of aliphatic hydroxyl groups is 2. The van der Waals surface area contributed by atoms with Crippen LogP contribution in [-0.4, -0.2) is 224 Å². The Morgan fingerprint density at radius 3 is 1.16 bits per heavy atom. The van der Waals surface area contributed by atoms with Crippen LogP contribution in [0, 0.1) is 0 Å². The van der Waals surface area contributed by atoms with Gasteiger partial charge in [-0.3, -0.25) is 9.69 Å². The summed E-state index contributed by atoms with van der Waals surface area (Å²) >= 11 is 0. The summed E-state index contributed by atoms with van der Waals surface area (Å²) in [5.74, 6) is 0.0338. The maximum absolute atomic E-state index is 13.1. The van der Waals surface area contributed by atoms with E-state index in [2.05, 4.69) is 20.0 Å². The Hall–Kier alpha value is -2.85. The number of hydrogen-bond donors (Lipinski definition) is 3. The van der Waals surface area contributed by atoms with Crippen LogP contribution in [-0.2, 0) is 47.4 Å². The second-order valence-electron chi connectivity index (χ2n) is 15.0. The van der Waals surface area contributed by atoms with Crippen LogP contribution in [0.3, 0.4) is 0 Å². The van der Waals surface area contributed by atoms with Crippen molar-refractivity contribution in [3.05, 3.63) is 59.7 Å². The SMILES string of the molecule is CC(O)COCCOCCOCCOCCOCCOCCOCCOCCOCCOCC(O)CN1CCN(c2ccc(C(=O)c3ccc(N4CCNCC4)cc3)cc2)CC1. The molecule has 2 aliphatic rings. The highest BCUT2D eigenvalue weighted by Crippen LogP contribution is 2.21. The molecule has 2 aliphatic heterocycles. The fourth-order valence-corrected chi connectivity index (χ4v) is 6.63. The van der Waals surface area contributed by atoms with Crippen LogP contribution in [0.25, 0.3) is 0 Å². The summed E-state index contributed by atoms with van der Waals surface area (Å²) in [5, 5.41) is 23.0. The van der Waals surface area contributed by atoms with Gasteiger partial charge in [0.05, 0.1) is 144 Å². The molecule has 17 nitrogen and oxygen atoms in total. The quantitative estimate of drug-likeness (QED) is 0.0656. The van der Waals surface area contributed by atoms with Gasteiger partial charge < -0.3 is 72.7 Å². The Morgan fingerprint density at radius 2 is 0.806 bits per heavy atom. The van der Waals surface area contributed by atoms with Crippen LogP contribution in [0.15, 0.2) is 48.5 Å². The largest absolute Gasteiger partial charge is 0.391 e. The first-order valence-corrected chi connectivity index (χ1v) is 22.3. The van der Waals surface area contributed by atoms with E-state index in [0.29, 0.717) is 143 Å². The van der Waals surface area contributed by atoms with E-state index < -0.39 is 12.2 Å². The molecule has 62 heavy (non-hydrogen) atoms. The van der Waals surface area contributed by atoms with Crippen molar-refractivity contribution in [1.82, 2.24) is 10.2 Å². The van der Waals surface area contributed by atoms with E-state index in [9.17, 15) is 9.90 Å². The van der Waals surface area contributed by atoms with Crippen LogP contribution in [0.2, 0.25) is 0 Å². The summed E-state index contributed by atoms with van der Waals surface area (Å²) < 4.78 is 54.8. The zero-order valence-electron chi connectivity index (χ0n) is 37.0. The van der Waals surface area contributed by atoms with E-state index in [1.54, 1.807) is 6.92 Å². The van der Waals surface area contributed by atoms with Gasteiger partial charge in [-0.15, -0.1) is 0 Å². The van der Waals surface area contributed by atoms with Crippen LogP contribution in [0.1, 0.15) is 22.8 Å². The summed E-state index contributed by atoms with van der Waals surface area (Å²) in [6.07, 6.45) is -1.03. The van der Waals surface area contributed by atoms with Crippen molar-refractivity contribution in [2.24, 2.45) is 0 Å². The van der Waals surface area contributed by atoms with Gasteiger partial charge in [-0.1, -0.05) is 0 Å². The summed E-state index contributed by atoms with van der Waals surface area (Å²) in [7, 11) is 0. The van der Waals surface area contributed by atoms with Gasteiger partial charge in [0.2, 0.25) is 0 Å². The third-order valence-electron chi connectivity index (χ3n) is 9.96. The van der Waals surface area contributed by atoms with Gasteiger partial charge in [-0.2, -0.15) is 0 Å². The lowest BCUT2D eigenvalue weighted by Crippen LogP contribution is -2.49. The zero-order chi connectivity index (χ0) is 43.7. The molecule has 2 aromatic rings. The molecule has 3 N–H and O–H groups in total. The Labute approximate surface area is 368 Å². The van der Waals surface area contributed by atoms with Crippen molar-refractivity contribution in [2.75, 3.05) is 201 Å². The highest BCUT2D eigenvalue weighted by molar-refractivity contribution is 6.09. The lowest BCUT2D eigenvalue weighted by Gasteiger charge is -2.37. The molecule has 0 bridgehead atoms. The molecular formula is C45H74N4O13. The topological polar surface area (TPSA) is 172 Å². The predicted octanol–water partition coefficient (Wildman–Crippen LogP) is 1.36. The third kappa shape index (κ3) is 23.2. The van der Waals surface area contributed by atoms with E-state index in [1.807, 2.05) is 48.5 Å². The molecule has 0 aliphatic carbocycles. The van der Waals surface area contributed by atoms with Crippen LogP contribution in [0.4, 0.5) is 11.4 Å². The normalized spacial score (nSPS) is 15.9. The second kappa shape index (κ2) is 33.6. The molecule has 0 saturated carbocycles. The molecule has 0 aromatic heterocycles. The maximum Gasteiger partial charge on any atom is 0.193 e. The fraction of sp³-hybridized carbons (Fsp3) is 0.711. The number of aliphatic hydroxyl groups excluding tert-OH is 2. The fourth-order valence-electron chi connectivity index (χ4n) is 6.63. The molecule has 2 fully saturated rings. The molecule has 2 saturated heterocycles. The number of rotatable bonds is 37. The molecule has 0 spiro atoms. The van der Waals surface area contributed by atoms with Gasteiger partial charge in [0.15, 0.2) is 5.78 Å². The number of nitrogens with one attached hydrogen (secondary N) is 1. The molecular weight excluding hydrogens is 805 g/mol. The Morgan fingerprint density at radius 1 is 0.484 bits per heavy atom. The van der Waals surface area contributed by atoms with Gasteiger partial charge in [-0.05, 0) is 55.5 Å². The molecule has 0 amide bonds. The van der Waals surface area contributed by atoms with E-state index in [1.165, 1.54) is 0 Å². The van der Waals surface area contributed by atoms with Gasteiger partial charge in [0, 0.05) is 81.4 Å². The molecule has 2 aromatic carbocycles. The van der Waals surface area contributed by atoms with Crippen molar-refractivity contribution in [2.45, 2.75) is 19.1 Å². The molecule has 352 valence electrons. The van der Waals surface area contributed by atoms with Crippen LogP contribution in [0.5, 0.6) is 0 Å². The Kier molecular flexibility index (Phi) is 28.1. The number of benzene rings is 2. The van der Waals surface area contributed by atoms with E-state index in [-0.39, 0.29) is 12.4 Å². The molecule has 2 heterocycles. The second-order valence-corrected chi connectivity index (χ2v) is 15.0. The summed E-state index contributed by atoms with van der Waals surface area (Å²) in [5.41, 5.74) is 3.65. The highest BCUT2D eigenvalue weighted by atomic mass is 16.6. The van der Waals surface area contributed by atoms with Gasteiger partial charge in [0.1, 0.15) is 0 Å². The maximum atomic E-state index is 13.1. The molecule has 2 atom stereocenters. The van der Waals surface area contributed by atoms with E-state index in [0.717, 1.165) is 63.7 Å². The smallest absolute Gasteiger partial charge is 0.193 e.